The molecule has 0 aliphatic heterocycles. The number of carbonyl (C=O) groups excluding carboxylic acids is 2. The first-order valence-electron chi connectivity index (χ1n) is 4.60. The summed E-state index contributed by atoms with van der Waals surface area (Å²) < 4.78 is 13.6. The van der Waals surface area contributed by atoms with Gasteiger partial charge in [0.25, 0.3) is 0 Å². The predicted molar refractivity (Wildman–Crippen MR) is 54.5 cm³/mol. The molecule has 0 amide bonds. The second kappa shape index (κ2) is 4.20. The zero-order valence-electron chi connectivity index (χ0n) is 9.09. The topological polar surface area (TPSA) is 91.5 Å². The maximum Gasteiger partial charge on any atom is 0.338 e. The molecule has 0 atom stereocenters. The van der Waals surface area contributed by atoms with E-state index in [0.717, 1.165) is 0 Å². The van der Waals surface area contributed by atoms with E-state index < -0.39 is 11.9 Å². The number of rotatable bonds is 2. The van der Waals surface area contributed by atoms with Crippen molar-refractivity contribution >= 4 is 23.0 Å². The van der Waals surface area contributed by atoms with Crippen LogP contribution in [0.25, 0.3) is 11.0 Å². The average Bonchev–Trinajstić information content (AvgIpc) is 2.82. The van der Waals surface area contributed by atoms with Crippen LogP contribution in [0.5, 0.6) is 0 Å². The summed E-state index contributed by atoms with van der Waals surface area (Å²) in [5, 5.41) is 7.15. The first kappa shape index (κ1) is 11.1. The van der Waals surface area contributed by atoms with Gasteiger partial charge < -0.3 is 9.47 Å². The molecule has 0 N–H and O–H groups in total. The van der Waals surface area contributed by atoms with E-state index in [4.69, 9.17) is 0 Å². The van der Waals surface area contributed by atoms with E-state index in [0.29, 0.717) is 11.0 Å². The van der Waals surface area contributed by atoms with Crippen LogP contribution >= 0.6 is 0 Å². The standard InChI is InChI=1S/C10H8N2O5/c1-15-9(13)5-3-7-8(12-17-11-7)4-6(5)10(14)16-2/h3-4H,1-2H3. The first-order valence-corrected chi connectivity index (χ1v) is 4.60. The van der Waals surface area contributed by atoms with Crippen molar-refractivity contribution in [1.82, 2.24) is 10.3 Å². The third-order valence-corrected chi connectivity index (χ3v) is 2.20. The quantitative estimate of drug-likeness (QED) is 0.712. The Morgan fingerprint density at radius 1 is 1.00 bits per heavy atom. The Morgan fingerprint density at radius 3 is 1.76 bits per heavy atom. The minimum absolute atomic E-state index is 0.0579. The van der Waals surface area contributed by atoms with Crippen molar-refractivity contribution in [3.8, 4) is 0 Å². The molecule has 88 valence electrons. The molecule has 0 fully saturated rings. The molecule has 7 heteroatoms. The van der Waals surface area contributed by atoms with E-state index in [9.17, 15) is 9.59 Å². The van der Waals surface area contributed by atoms with Crippen molar-refractivity contribution in [2.45, 2.75) is 0 Å². The molecule has 0 unspecified atom stereocenters. The van der Waals surface area contributed by atoms with Gasteiger partial charge in [-0.05, 0) is 22.4 Å². The van der Waals surface area contributed by atoms with E-state index in [1.165, 1.54) is 26.4 Å². The van der Waals surface area contributed by atoms with Crippen LogP contribution in [0.1, 0.15) is 20.7 Å². The van der Waals surface area contributed by atoms with E-state index in [1.54, 1.807) is 0 Å². The Morgan fingerprint density at radius 2 is 1.41 bits per heavy atom. The maximum atomic E-state index is 11.5. The van der Waals surface area contributed by atoms with E-state index in [1.807, 2.05) is 0 Å². The maximum absolute atomic E-state index is 11.5. The lowest BCUT2D eigenvalue weighted by Crippen LogP contribution is -2.11. The van der Waals surface area contributed by atoms with Gasteiger partial charge in [-0.25, -0.2) is 14.2 Å². The number of nitrogens with zero attached hydrogens (tertiary/aromatic N) is 2. The number of carbonyl (C=O) groups is 2. The highest BCUT2D eigenvalue weighted by molar-refractivity contribution is 6.06. The van der Waals surface area contributed by atoms with Gasteiger partial charge in [0.2, 0.25) is 0 Å². The fourth-order valence-corrected chi connectivity index (χ4v) is 1.39. The third kappa shape index (κ3) is 1.82. The van der Waals surface area contributed by atoms with Crippen LogP contribution < -0.4 is 0 Å². The molecule has 0 aliphatic carbocycles. The second-order valence-corrected chi connectivity index (χ2v) is 3.13. The molecule has 1 aromatic carbocycles. The lowest BCUT2D eigenvalue weighted by Gasteiger charge is -2.05. The van der Waals surface area contributed by atoms with Crippen molar-refractivity contribution < 1.29 is 23.7 Å². The highest BCUT2D eigenvalue weighted by atomic mass is 16.6. The van der Waals surface area contributed by atoms with Crippen LogP contribution in [0.4, 0.5) is 0 Å². The Kier molecular flexibility index (Phi) is 2.73. The molecule has 1 heterocycles. The number of ether oxygens (including phenoxy) is 2. The Balaban J connectivity index is 2.67. The van der Waals surface area contributed by atoms with Gasteiger partial charge in [-0.15, -0.1) is 0 Å². The lowest BCUT2D eigenvalue weighted by molar-refractivity contribution is 0.0555. The summed E-state index contributed by atoms with van der Waals surface area (Å²) in [5.41, 5.74) is 0.834. The van der Waals surface area contributed by atoms with Gasteiger partial charge >= 0.3 is 11.9 Å². The van der Waals surface area contributed by atoms with Crippen LogP contribution in [0, 0.1) is 0 Å². The minimum atomic E-state index is -0.657. The summed E-state index contributed by atoms with van der Waals surface area (Å²) in [7, 11) is 2.43. The van der Waals surface area contributed by atoms with Crippen LogP contribution in [0.2, 0.25) is 0 Å². The molecule has 0 radical (unpaired) electrons. The molecular formula is C10H8N2O5. The number of aromatic nitrogens is 2. The van der Waals surface area contributed by atoms with Gasteiger partial charge in [-0.2, -0.15) is 0 Å². The van der Waals surface area contributed by atoms with Gasteiger partial charge in [0, 0.05) is 0 Å². The summed E-state index contributed by atoms with van der Waals surface area (Å²) in [5.74, 6) is -1.31. The predicted octanol–water partition coefficient (Wildman–Crippen LogP) is 0.796. The van der Waals surface area contributed by atoms with Gasteiger partial charge in [-0.1, -0.05) is 0 Å². The molecular weight excluding hydrogens is 228 g/mol. The van der Waals surface area contributed by atoms with Crippen LogP contribution in [0.15, 0.2) is 16.8 Å². The minimum Gasteiger partial charge on any atom is -0.465 e. The summed E-state index contributed by atoms with van der Waals surface area (Å²) in [4.78, 5) is 23.0. The van der Waals surface area contributed by atoms with Crippen LogP contribution in [0.3, 0.4) is 0 Å². The highest BCUT2D eigenvalue weighted by Gasteiger charge is 2.21. The third-order valence-electron chi connectivity index (χ3n) is 2.20. The lowest BCUT2D eigenvalue weighted by atomic mass is 10.1. The zero-order valence-corrected chi connectivity index (χ0v) is 9.09. The summed E-state index contributed by atoms with van der Waals surface area (Å²) in [6.45, 7) is 0. The summed E-state index contributed by atoms with van der Waals surface area (Å²) in [6, 6.07) is 2.73. The van der Waals surface area contributed by atoms with Gasteiger partial charge in [0.05, 0.1) is 25.3 Å². The fourth-order valence-electron chi connectivity index (χ4n) is 1.39. The monoisotopic (exact) mass is 236 g/mol. The number of fused-ring (bicyclic) bond motifs is 1. The molecule has 0 saturated heterocycles. The Bertz CT molecular complexity index is 539. The smallest absolute Gasteiger partial charge is 0.338 e. The van der Waals surface area contributed by atoms with Crippen LogP contribution in [-0.4, -0.2) is 36.5 Å². The SMILES string of the molecule is COC(=O)c1cc2nonc2cc1C(=O)OC. The largest absolute Gasteiger partial charge is 0.465 e. The normalized spacial score (nSPS) is 10.2. The van der Waals surface area contributed by atoms with Gasteiger partial charge in [-0.3, -0.25) is 0 Å². The molecule has 0 bridgehead atoms. The molecule has 2 rings (SSSR count). The number of hydrogen-bond acceptors (Lipinski definition) is 7. The molecule has 0 spiro atoms. The Hall–Kier alpha value is -2.44. The van der Waals surface area contributed by atoms with Gasteiger partial charge in [0.1, 0.15) is 11.0 Å². The zero-order chi connectivity index (χ0) is 12.4. The molecule has 0 saturated carbocycles. The second-order valence-electron chi connectivity index (χ2n) is 3.13. The highest BCUT2D eigenvalue weighted by Crippen LogP contribution is 2.19. The Labute approximate surface area is 95.3 Å². The van der Waals surface area contributed by atoms with E-state index in [2.05, 4.69) is 24.4 Å². The average molecular weight is 236 g/mol. The number of hydrogen-bond donors (Lipinski definition) is 0. The van der Waals surface area contributed by atoms with Crippen molar-refractivity contribution in [3.63, 3.8) is 0 Å². The molecule has 17 heavy (non-hydrogen) atoms. The summed E-state index contributed by atoms with van der Waals surface area (Å²) in [6.07, 6.45) is 0. The summed E-state index contributed by atoms with van der Waals surface area (Å²) >= 11 is 0. The number of methoxy groups -OCH3 is 2. The van der Waals surface area contributed by atoms with E-state index >= 15 is 0 Å². The van der Waals surface area contributed by atoms with Crippen molar-refractivity contribution in [1.29, 1.82) is 0 Å². The molecule has 7 nitrogen and oxygen atoms in total. The fraction of sp³-hybridized carbons (Fsp3) is 0.200. The van der Waals surface area contributed by atoms with Crippen molar-refractivity contribution in [2.24, 2.45) is 0 Å². The molecule has 0 aliphatic rings. The van der Waals surface area contributed by atoms with Crippen molar-refractivity contribution in [2.75, 3.05) is 14.2 Å². The number of esters is 2. The van der Waals surface area contributed by atoms with Gasteiger partial charge in [0.15, 0.2) is 0 Å². The van der Waals surface area contributed by atoms with Crippen molar-refractivity contribution in [3.05, 3.63) is 23.3 Å². The molecule has 1 aromatic heterocycles. The van der Waals surface area contributed by atoms with Crippen LogP contribution in [-0.2, 0) is 9.47 Å². The molecule has 2 aromatic rings. The number of benzene rings is 1. The van der Waals surface area contributed by atoms with E-state index in [-0.39, 0.29) is 11.1 Å². The first-order chi connectivity index (χ1) is 8.17.